The number of hydrogen-bond donors (Lipinski definition) is 3. The van der Waals surface area contributed by atoms with E-state index in [9.17, 15) is 13.5 Å². The Labute approximate surface area is 247 Å². The zero-order valence-electron chi connectivity index (χ0n) is 24.3. The van der Waals surface area contributed by atoms with Crippen molar-refractivity contribution < 1.29 is 27.4 Å². The van der Waals surface area contributed by atoms with Crippen LogP contribution >= 0.6 is 0 Å². The summed E-state index contributed by atoms with van der Waals surface area (Å²) < 4.78 is 51.3. The smallest absolute Gasteiger partial charge is 0.175 e. The number of hydrogen-bond acceptors (Lipinski definition) is 8. The zero-order valence-corrected chi connectivity index (χ0v) is 25.1. The van der Waals surface area contributed by atoms with Gasteiger partial charge in [-0.05, 0) is 42.7 Å². The number of alkyl halides is 1. The molecule has 1 aliphatic rings. The second kappa shape index (κ2) is 14.1. The number of allylic oxidation sites excluding steroid dienone is 1. The van der Waals surface area contributed by atoms with Crippen LogP contribution in [0.4, 0.5) is 15.8 Å². The summed E-state index contributed by atoms with van der Waals surface area (Å²) in [5, 5.41) is 17.6. The second-order valence-electron chi connectivity index (χ2n) is 10.4. The van der Waals surface area contributed by atoms with E-state index in [4.69, 9.17) is 9.47 Å². The maximum Gasteiger partial charge on any atom is 0.175 e. The average molecular weight is 599 g/mol. The molecule has 1 fully saturated rings. The van der Waals surface area contributed by atoms with Crippen LogP contribution in [0.25, 0.3) is 10.9 Å². The molecule has 0 radical (unpaired) electrons. The van der Waals surface area contributed by atoms with Crippen LogP contribution in [0.5, 0.6) is 5.75 Å². The summed E-state index contributed by atoms with van der Waals surface area (Å²) in [4.78, 5) is 2.12. The molecule has 1 saturated heterocycles. The van der Waals surface area contributed by atoms with Crippen LogP contribution in [0.2, 0.25) is 0 Å². The van der Waals surface area contributed by atoms with Gasteiger partial charge >= 0.3 is 0 Å². The third-order valence-corrected chi connectivity index (χ3v) is 8.35. The van der Waals surface area contributed by atoms with Gasteiger partial charge in [0.05, 0.1) is 54.2 Å². The highest BCUT2D eigenvalue weighted by molar-refractivity contribution is 7.90. The first-order valence-corrected chi connectivity index (χ1v) is 15.7. The van der Waals surface area contributed by atoms with Gasteiger partial charge in [-0.25, -0.2) is 12.8 Å². The van der Waals surface area contributed by atoms with E-state index in [1.807, 2.05) is 35.2 Å². The lowest BCUT2D eigenvalue weighted by molar-refractivity contribution is 0.0215. The molecule has 2 heterocycles. The number of halogens is 1. The van der Waals surface area contributed by atoms with Gasteiger partial charge in [0.15, 0.2) is 9.84 Å². The molecule has 4 rings (SSSR count). The normalized spacial score (nSPS) is 18.2. The summed E-state index contributed by atoms with van der Waals surface area (Å²) in [6.45, 7) is 6.29. The molecule has 9 nitrogen and oxygen atoms in total. The number of nitrogens with one attached hydrogen (secondary N) is 2. The van der Waals surface area contributed by atoms with Gasteiger partial charge in [0.25, 0.3) is 0 Å². The Hall–Kier alpha value is -3.56. The molecular weight excluding hydrogens is 559 g/mol. The van der Waals surface area contributed by atoms with Gasteiger partial charge in [-0.15, -0.1) is 6.58 Å². The first kappa shape index (κ1) is 31.4. The number of anilines is 2. The highest BCUT2D eigenvalue weighted by Crippen LogP contribution is 2.30. The number of aliphatic hydroxyl groups is 1. The topological polar surface area (TPSA) is 105 Å². The van der Waals surface area contributed by atoms with Crippen LogP contribution in [0, 0.1) is 11.8 Å². The number of sulfone groups is 1. The van der Waals surface area contributed by atoms with Crippen molar-refractivity contribution in [2.24, 2.45) is 0 Å². The quantitative estimate of drug-likeness (QED) is 0.215. The second-order valence-corrected chi connectivity index (χ2v) is 12.4. The fourth-order valence-corrected chi connectivity index (χ4v) is 5.84. The van der Waals surface area contributed by atoms with Crippen LogP contribution in [0.15, 0.2) is 60.0 Å². The van der Waals surface area contributed by atoms with Crippen LogP contribution in [-0.2, 0) is 21.1 Å². The predicted octanol–water partition coefficient (Wildman–Crippen LogP) is 3.53. The number of aliphatic hydroxyl groups excluding tert-OH is 1. The largest absolute Gasteiger partial charge is 0.495 e. The number of likely N-dealkylation sites (tertiary alicyclic amines) is 1. The summed E-state index contributed by atoms with van der Waals surface area (Å²) in [6.07, 6.45) is 1.84. The summed E-state index contributed by atoms with van der Waals surface area (Å²) in [7, 11) is -0.327. The Kier molecular flexibility index (Phi) is 10.5. The summed E-state index contributed by atoms with van der Waals surface area (Å²) in [6, 6.07) is 12.2. The van der Waals surface area contributed by atoms with Crippen LogP contribution in [0.3, 0.4) is 0 Å². The maximum absolute atomic E-state index is 15.2. The van der Waals surface area contributed by atoms with Crippen LogP contribution in [-0.4, -0.2) is 94.6 Å². The molecule has 11 heteroatoms. The van der Waals surface area contributed by atoms with Crippen LogP contribution < -0.4 is 15.4 Å². The van der Waals surface area contributed by atoms with Gasteiger partial charge in [0.2, 0.25) is 0 Å². The molecule has 1 aromatic heterocycles. The number of methoxy groups -OCH3 is 2. The van der Waals surface area contributed by atoms with E-state index in [0.717, 1.165) is 28.5 Å². The molecular formula is C31H39FN4O5S. The predicted molar refractivity (Wildman–Crippen MR) is 165 cm³/mol. The Bertz CT molecular complexity index is 1560. The van der Waals surface area contributed by atoms with Crippen LogP contribution in [0.1, 0.15) is 12.1 Å². The third-order valence-electron chi connectivity index (χ3n) is 7.24. The maximum atomic E-state index is 15.2. The standard InChI is InChI=1S/C31H39FN4O5S/c1-5-15-36-22(8-7-14-33-29-12-11-24(42(4,38)39)18-31(29)41-3)17-25-27(9-6-10-30(25)36)34-28-13-16-35(20-26(28)32)19-23(37)21-40-2/h5-6,9-12,17-18,23,26,28,33-34,37H,1,13-16,19-21H2,2-4H3/t23-,26-,28+/m1/s1. The summed E-state index contributed by atoms with van der Waals surface area (Å²) >= 11 is 0. The minimum absolute atomic E-state index is 0.180. The molecule has 0 bridgehead atoms. The van der Waals surface area contributed by atoms with Crippen molar-refractivity contribution in [2.75, 3.05) is 63.9 Å². The van der Waals surface area contributed by atoms with Crippen molar-refractivity contribution in [3.8, 4) is 17.6 Å². The SMILES string of the molecule is C=CCn1c(C#CCNc2ccc(S(C)(=O)=O)cc2OC)cc2c(N[C@H]3CCN(C[C@@H](O)COC)C[C@H]3F)cccc21. The minimum Gasteiger partial charge on any atom is -0.495 e. The van der Waals surface area contributed by atoms with Crippen molar-refractivity contribution >= 4 is 32.1 Å². The molecule has 3 atom stereocenters. The fraction of sp³-hybridized carbons (Fsp3) is 0.419. The molecule has 0 saturated carbocycles. The van der Waals surface area contributed by atoms with Crippen molar-refractivity contribution in [3.05, 3.63) is 60.8 Å². The molecule has 3 N–H and O–H groups in total. The number of fused-ring (bicyclic) bond motifs is 1. The zero-order chi connectivity index (χ0) is 30.3. The molecule has 2 aromatic carbocycles. The number of ether oxygens (including phenoxy) is 2. The summed E-state index contributed by atoms with van der Waals surface area (Å²) in [5.74, 6) is 6.78. The van der Waals surface area contributed by atoms with E-state index in [-0.39, 0.29) is 24.1 Å². The van der Waals surface area contributed by atoms with Gasteiger partial charge in [-0.2, -0.15) is 0 Å². The van der Waals surface area contributed by atoms with E-state index in [1.54, 1.807) is 6.07 Å². The van der Waals surface area contributed by atoms with Gasteiger partial charge < -0.3 is 29.8 Å². The molecule has 3 aromatic rings. The van der Waals surface area contributed by atoms with Gasteiger partial charge in [0.1, 0.15) is 11.9 Å². The molecule has 0 spiro atoms. The Morgan fingerprint density at radius 1 is 1.24 bits per heavy atom. The summed E-state index contributed by atoms with van der Waals surface area (Å²) in [5.41, 5.74) is 3.23. The molecule has 0 unspecified atom stereocenters. The Balaban J connectivity index is 1.49. The minimum atomic E-state index is -3.35. The molecule has 0 amide bonds. The number of aromatic nitrogens is 1. The van der Waals surface area contributed by atoms with Gasteiger partial charge in [0, 0.05) is 56.7 Å². The van der Waals surface area contributed by atoms with E-state index in [2.05, 4.69) is 33.6 Å². The Morgan fingerprint density at radius 2 is 2.05 bits per heavy atom. The van der Waals surface area contributed by atoms with Gasteiger partial charge in [-0.1, -0.05) is 18.1 Å². The van der Waals surface area contributed by atoms with Crippen molar-refractivity contribution in [1.29, 1.82) is 0 Å². The first-order valence-electron chi connectivity index (χ1n) is 13.8. The lowest BCUT2D eigenvalue weighted by atomic mass is 10.0. The molecule has 42 heavy (non-hydrogen) atoms. The molecule has 226 valence electrons. The lowest BCUT2D eigenvalue weighted by Gasteiger charge is -2.36. The number of β-amino-alcohol motifs (C(OH)–C–C–N with tert-alkyl or cyclic N) is 1. The highest BCUT2D eigenvalue weighted by Gasteiger charge is 2.30. The van der Waals surface area contributed by atoms with E-state index in [0.29, 0.717) is 44.0 Å². The number of benzene rings is 2. The lowest BCUT2D eigenvalue weighted by Crippen LogP contribution is -2.50. The number of rotatable bonds is 12. The molecule has 0 aliphatic carbocycles. The van der Waals surface area contributed by atoms with Crippen molar-refractivity contribution in [2.45, 2.75) is 36.2 Å². The number of piperidine rings is 1. The van der Waals surface area contributed by atoms with E-state index < -0.39 is 22.1 Å². The van der Waals surface area contributed by atoms with E-state index in [1.165, 1.54) is 26.4 Å². The van der Waals surface area contributed by atoms with Crippen molar-refractivity contribution in [1.82, 2.24) is 9.47 Å². The van der Waals surface area contributed by atoms with E-state index >= 15 is 4.39 Å². The number of nitrogens with zero attached hydrogens (tertiary/aromatic N) is 2. The van der Waals surface area contributed by atoms with Crippen molar-refractivity contribution in [3.63, 3.8) is 0 Å². The fourth-order valence-electron chi connectivity index (χ4n) is 5.20. The average Bonchev–Trinajstić information content (AvgIpc) is 3.30. The first-order chi connectivity index (χ1) is 20.1. The highest BCUT2D eigenvalue weighted by atomic mass is 32.2. The van der Waals surface area contributed by atoms with Gasteiger partial charge in [-0.3, -0.25) is 4.90 Å². The monoisotopic (exact) mass is 598 g/mol. The Morgan fingerprint density at radius 3 is 2.74 bits per heavy atom. The molecule has 1 aliphatic heterocycles. The third kappa shape index (κ3) is 7.63.